The van der Waals surface area contributed by atoms with Crippen LogP contribution >= 0.6 is 11.8 Å². The Morgan fingerprint density at radius 3 is 2.63 bits per heavy atom. The molecule has 146 valence electrons. The van der Waals surface area contributed by atoms with E-state index >= 15 is 0 Å². The summed E-state index contributed by atoms with van der Waals surface area (Å²) in [4.78, 5) is 23.0. The third-order valence-electron chi connectivity index (χ3n) is 3.37. The van der Waals surface area contributed by atoms with E-state index in [1.54, 1.807) is 32.2 Å². The number of thioether (sulfide) groups is 1. The van der Waals surface area contributed by atoms with Crippen LogP contribution in [0.15, 0.2) is 23.4 Å². The van der Waals surface area contributed by atoms with E-state index < -0.39 is 5.97 Å². The van der Waals surface area contributed by atoms with Crippen molar-refractivity contribution in [2.45, 2.75) is 12.1 Å². The van der Waals surface area contributed by atoms with Gasteiger partial charge >= 0.3 is 5.97 Å². The fraction of sp³-hybridized carbons (Fsp3) is 0.375. The lowest BCUT2D eigenvalue weighted by molar-refractivity contribution is -0.143. The monoisotopic (exact) mass is 395 g/mol. The summed E-state index contributed by atoms with van der Waals surface area (Å²) in [6, 6.07) is 5.24. The second-order valence-corrected chi connectivity index (χ2v) is 6.06. The molecule has 0 spiro atoms. The zero-order valence-corrected chi connectivity index (χ0v) is 16.0. The molecule has 1 amide bonds. The van der Waals surface area contributed by atoms with Crippen LogP contribution in [0.25, 0.3) is 11.4 Å². The van der Waals surface area contributed by atoms with Crippen LogP contribution in [-0.4, -0.2) is 59.9 Å². The Balaban J connectivity index is 2.01. The molecule has 1 aromatic carbocycles. The van der Waals surface area contributed by atoms with Crippen molar-refractivity contribution in [3.8, 4) is 22.9 Å². The van der Waals surface area contributed by atoms with Gasteiger partial charge in [0.15, 0.2) is 17.3 Å². The van der Waals surface area contributed by atoms with Crippen LogP contribution in [0.2, 0.25) is 0 Å². The van der Waals surface area contributed by atoms with Gasteiger partial charge in [0.1, 0.15) is 6.54 Å². The molecule has 0 radical (unpaired) electrons. The quantitative estimate of drug-likeness (QED) is 0.353. The molecule has 0 unspecified atom stereocenters. The molecule has 0 fully saturated rings. The molecule has 0 atom stereocenters. The van der Waals surface area contributed by atoms with Crippen LogP contribution in [0.3, 0.4) is 0 Å². The first-order chi connectivity index (χ1) is 13.0. The third kappa shape index (κ3) is 5.26. The van der Waals surface area contributed by atoms with Crippen LogP contribution in [0.5, 0.6) is 11.5 Å². The number of nitrogens with one attached hydrogen (secondary N) is 1. The lowest BCUT2D eigenvalue weighted by Gasteiger charge is -2.09. The Morgan fingerprint density at radius 1 is 1.22 bits per heavy atom. The Hall–Kier alpha value is -2.95. The number of nitrogen functional groups attached to an aromatic ring is 1. The highest BCUT2D eigenvalue weighted by Gasteiger charge is 2.16. The molecule has 1 heterocycles. The van der Waals surface area contributed by atoms with Gasteiger partial charge in [-0.05, 0) is 25.1 Å². The van der Waals surface area contributed by atoms with Gasteiger partial charge in [0.25, 0.3) is 0 Å². The number of aromatic nitrogens is 3. The molecule has 3 N–H and O–H groups in total. The normalized spacial score (nSPS) is 10.3. The van der Waals surface area contributed by atoms with Crippen LogP contribution in [0.1, 0.15) is 6.92 Å². The molecule has 27 heavy (non-hydrogen) atoms. The van der Waals surface area contributed by atoms with E-state index in [9.17, 15) is 9.59 Å². The summed E-state index contributed by atoms with van der Waals surface area (Å²) in [6.07, 6.45) is 0. The van der Waals surface area contributed by atoms with Crippen molar-refractivity contribution in [3.63, 3.8) is 0 Å². The van der Waals surface area contributed by atoms with Gasteiger partial charge in [-0.3, -0.25) is 9.59 Å². The first-order valence-electron chi connectivity index (χ1n) is 7.98. The first-order valence-corrected chi connectivity index (χ1v) is 8.96. The molecule has 2 rings (SSSR count). The summed E-state index contributed by atoms with van der Waals surface area (Å²) in [7, 11) is 3.08. The fourth-order valence-electron chi connectivity index (χ4n) is 2.11. The largest absolute Gasteiger partial charge is 0.493 e. The number of methoxy groups -OCH3 is 2. The Labute approximate surface area is 160 Å². The van der Waals surface area contributed by atoms with E-state index in [2.05, 4.69) is 15.5 Å². The summed E-state index contributed by atoms with van der Waals surface area (Å²) < 4.78 is 16.5. The number of rotatable bonds is 9. The van der Waals surface area contributed by atoms with Crippen molar-refractivity contribution in [2.75, 3.05) is 39.0 Å². The highest BCUT2D eigenvalue weighted by Crippen LogP contribution is 2.32. The number of benzene rings is 1. The van der Waals surface area contributed by atoms with Gasteiger partial charge in [0.05, 0.1) is 26.6 Å². The molecule has 11 heteroatoms. The second-order valence-electron chi connectivity index (χ2n) is 5.12. The van der Waals surface area contributed by atoms with Gasteiger partial charge in [0.2, 0.25) is 11.1 Å². The van der Waals surface area contributed by atoms with Crippen molar-refractivity contribution in [3.05, 3.63) is 18.2 Å². The van der Waals surface area contributed by atoms with Gasteiger partial charge in [0, 0.05) is 5.56 Å². The third-order valence-corrected chi connectivity index (χ3v) is 4.32. The van der Waals surface area contributed by atoms with E-state index in [0.29, 0.717) is 28.0 Å². The number of ether oxygens (including phenoxy) is 3. The van der Waals surface area contributed by atoms with Gasteiger partial charge < -0.3 is 25.4 Å². The van der Waals surface area contributed by atoms with Crippen molar-refractivity contribution in [2.24, 2.45) is 0 Å². The average Bonchev–Trinajstić information content (AvgIpc) is 3.04. The van der Waals surface area contributed by atoms with Crippen molar-refractivity contribution < 1.29 is 23.8 Å². The molecule has 0 aliphatic carbocycles. The topological polar surface area (TPSA) is 131 Å². The SMILES string of the molecule is CCOC(=O)CNC(=O)CSc1nnc(-c2ccc(OC)c(OC)c2)n1N. The van der Waals surface area contributed by atoms with E-state index in [1.807, 2.05) is 0 Å². The number of hydrogen-bond donors (Lipinski definition) is 2. The molecule has 1 aromatic heterocycles. The number of nitrogens with zero attached hydrogens (tertiary/aromatic N) is 3. The number of esters is 1. The van der Waals surface area contributed by atoms with E-state index in [4.69, 9.17) is 20.1 Å². The van der Waals surface area contributed by atoms with Crippen LogP contribution in [-0.2, 0) is 14.3 Å². The van der Waals surface area contributed by atoms with E-state index in [0.717, 1.165) is 11.8 Å². The standard InChI is InChI=1S/C16H21N5O5S/c1-4-26-14(23)8-18-13(22)9-27-16-20-19-15(21(16)17)10-5-6-11(24-2)12(7-10)25-3/h5-7H,4,8-9,17H2,1-3H3,(H,18,22). The fourth-order valence-corrected chi connectivity index (χ4v) is 2.80. The first kappa shape index (κ1) is 20.4. The number of carbonyl (C=O) groups is 2. The molecule has 0 aliphatic heterocycles. The maximum Gasteiger partial charge on any atom is 0.325 e. The molecule has 0 bridgehead atoms. The van der Waals surface area contributed by atoms with E-state index in [-0.39, 0.29) is 24.8 Å². The van der Waals surface area contributed by atoms with Gasteiger partial charge in [-0.1, -0.05) is 11.8 Å². The minimum absolute atomic E-state index is 0.0284. The molecule has 2 aromatic rings. The predicted molar refractivity (Wildman–Crippen MR) is 99.1 cm³/mol. The Morgan fingerprint density at radius 2 is 1.96 bits per heavy atom. The summed E-state index contributed by atoms with van der Waals surface area (Å²) in [6.45, 7) is 1.78. The molecule has 0 saturated carbocycles. The molecule has 0 aliphatic rings. The number of carbonyl (C=O) groups excluding carboxylic acids is 2. The number of amides is 1. The Kier molecular flexibility index (Phi) is 7.29. The minimum atomic E-state index is -0.492. The minimum Gasteiger partial charge on any atom is -0.493 e. The number of nitrogens with two attached hydrogens (primary N) is 1. The van der Waals surface area contributed by atoms with Crippen molar-refractivity contribution >= 4 is 23.6 Å². The van der Waals surface area contributed by atoms with Crippen LogP contribution < -0.4 is 20.6 Å². The Bertz CT molecular complexity index is 810. The molecular weight excluding hydrogens is 374 g/mol. The number of hydrogen-bond acceptors (Lipinski definition) is 9. The molecule has 0 saturated heterocycles. The zero-order chi connectivity index (χ0) is 19.8. The highest BCUT2D eigenvalue weighted by atomic mass is 32.2. The van der Waals surface area contributed by atoms with Crippen molar-refractivity contribution in [1.29, 1.82) is 0 Å². The zero-order valence-electron chi connectivity index (χ0n) is 15.2. The smallest absolute Gasteiger partial charge is 0.325 e. The lowest BCUT2D eigenvalue weighted by atomic mass is 10.2. The molecule has 10 nitrogen and oxygen atoms in total. The molecular formula is C16H21N5O5S. The van der Waals surface area contributed by atoms with Crippen LogP contribution in [0, 0.1) is 0 Å². The van der Waals surface area contributed by atoms with E-state index in [1.165, 1.54) is 11.8 Å². The lowest BCUT2D eigenvalue weighted by Crippen LogP contribution is -2.32. The predicted octanol–water partition coefficient (Wildman–Crippen LogP) is 0.448. The van der Waals surface area contributed by atoms with Gasteiger partial charge in [-0.2, -0.15) is 0 Å². The average molecular weight is 395 g/mol. The maximum atomic E-state index is 11.8. The van der Waals surface area contributed by atoms with Crippen LogP contribution in [0.4, 0.5) is 0 Å². The summed E-state index contributed by atoms with van der Waals surface area (Å²) >= 11 is 1.10. The van der Waals surface area contributed by atoms with Crippen molar-refractivity contribution in [1.82, 2.24) is 20.2 Å². The second kappa shape index (κ2) is 9.67. The van der Waals surface area contributed by atoms with Gasteiger partial charge in [-0.25, -0.2) is 4.68 Å². The summed E-state index contributed by atoms with van der Waals surface area (Å²) in [5.41, 5.74) is 0.682. The summed E-state index contributed by atoms with van der Waals surface area (Å²) in [5.74, 6) is 6.75. The maximum absolute atomic E-state index is 11.8. The van der Waals surface area contributed by atoms with Gasteiger partial charge in [-0.15, -0.1) is 10.2 Å². The summed E-state index contributed by atoms with van der Waals surface area (Å²) in [5, 5.41) is 10.9. The highest BCUT2D eigenvalue weighted by molar-refractivity contribution is 7.99.